The zero-order valence-corrected chi connectivity index (χ0v) is 12.2. The highest BCUT2D eigenvalue weighted by molar-refractivity contribution is 6.09. The number of rotatable bonds is 8. The number of ketones is 1. The van der Waals surface area contributed by atoms with Crippen LogP contribution in [0, 0.1) is 0 Å². The Labute approximate surface area is 129 Å². The number of benzene rings is 2. The van der Waals surface area contributed by atoms with Crippen LogP contribution >= 0.6 is 0 Å². The average molecular weight is 301 g/mol. The van der Waals surface area contributed by atoms with E-state index in [1.54, 1.807) is 48.5 Å². The lowest BCUT2D eigenvalue weighted by molar-refractivity contribution is 0.103. The molecule has 5 heteroatoms. The Morgan fingerprint density at radius 3 is 1.73 bits per heavy atom. The summed E-state index contributed by atoms with van der Waals surface area (Å²) in [6, 6.07) is 13.8. The van der Waals surface area contributed by atoms with E-state index in [1.807, 2.05) is 0 Å². The molecule has 0 bridgehead atoms. The van der Waals surface area contributed by atoms with E-state index in [9.17, 15) is 4.79 Å². The van der Waals surface area contributed by atoms with Gasteiger partial charge in [-0.3, -0.25) is 4.79 Å². The van der Waals surface area contributed by atoms with Gasteiger partial charge in [-0.15, -0.1) is 0 Å². The van der Waals surface area contributed by atoms with Gasteiger partial charge < -0.3 is 20.3 Å². The van der Waals surface area contributed by atoms with Crippen molar-refractivity contribution in [3.8, 4) is 11.5 Å². The SMILES string of the molecule is NCCOc1ccc(C(=O)c2ccc(OCCO)cc2)cc1. The van der Waals surface area contributed by atoms with Gasteiger partial charge in [0.25, 0.3) is 0 Å². The minimum absolute atomic E-state index is 0.0424. The number of hydrogen-bond donors (Lipinski definition) is 2. The molecule has 0 aliphatic rings. The molecule has 22 heavy (non-hydrogen) atoms. The first-order valence-corrected chi connectivity index (χ1v) is 7.06. The van der Waals surface area contributed by atoms with Crippen LogP contribution in [0.2, 0.25) is 0 Å². The third-order valence-electron chi connectivity index (χ3n) is 2.98. The van der Waals surface area contributed by atoms with Gasteiger partial charge in [-0.25, -0.2) is 0 Å². The van der Waals surface area contributed by atoms with Crippen molar-refractivity contribution in [1.29, 1.82) is 0 Å². The summed E-state index contributed by atoms with van der Waals surface area (Å²) < 4.78 is 10.6. The molecule has 2 aromatic carbocycles. The maximum Gasteiger partial charge on any atom is 0.193 e. The quantitative estimate of drug-likeness (QED) is 0.724. The Hall–Kier alpha value is -2.37. The molecule has 116 valence electrons. The van der Waals surface area contributed by atoms with Gasteiger partial charge in [0.2, 0.25) is 0 Å². The van der Waals surface area contributed by atoms with E-state index >= 15 is 0 Å². The second kappa shape index (κ2) is 8.17. The zero-order valence-electron chi connectivity index (χ0n) is 12.2. The fourth-order valence-electron chi connectivity index (χ4n) is 1.91. The van der Waals surface area contributed by atoms with E-state index in [-0.39, 0.29) is 19.0 Å². The van der Waals surface area contributed by atoms with E-state index < -0.39 is 0 Å². The molecular weight excluding hydrogens is 282 g/mol. The van der Waals surface area contributed by atoms with Crippen molar-refractivity contribution >= 4 is 5.78 Å². The molecule has 0 aromatic heterocycles. The summed E-state index contributed by atoms with van der Waals surface area (Å²) in [4.78, 5) is 12.4. The number of aliphatic hydroxyl groups excluding tert-OH is 1. The molecular formula is C17H19NO4. The maximum atomic E-state index is 12.4. The summed E-state index contributed by atoms with van der Waals surface area (Å²) in [5.74, 6) is 1.24. The van der Waals surface area contributed by atoms with Crippen LogP contribution in [0.3, 0.4) is 0 Å². The number of ether oxygens (including phenoxy) is 2. The van der Waals surface area contributed by atoms with E-state index in [0.717, 1.165) is 0 Å². The van der Waals surface area contributed by atoms with Gasteiger partial charge >= 0.3 is 0 Å². The van der Waals surface area contributed by atoms with Crippen molar-refractivity contribution in [3.63, 3.8) is 0 Å². The molecule has 5 nitrogen and oxygen atoms in total. The second-order valence-corrected chi connectivity index (χ2v) is 4.59. The molecule has 0 atom stereocenters. The number of carbonyl (C=O) groups is 1. The van der Waals surface area contributed by atoms with Crippen LogP contribution in [-0.2, 0) is 0 Å². The van der Waals surface area contributed by atoms with Crippen molar-refractivity contribution in [2.75, 3.05) is 26.4 Å². The summed E-state index contributed by atoms with van der Waals surface area (Å²) in [6.45, 7) is 1.09. The number of aliphatic hydroxyl groups is 1. The Morgan fingerprint density at radius 1 is 0.864 bits per heavy atom. The number of carbonyl (C=O) groups excluding carboxylic acids is 1. The van der Waals surface area contributed by atoms with Crippen LogP contribution in [0.4, 0.5) is 0 Å². The van der Waals surface area contributed by atoms with Crippen LogP contribution in [0.1, 0.15) is 15.9 Å². The van der Waals surface area contributed by atoms with Crippen LogP contribution < -0.4 is 15.2 Å². The van der Waals surface area contributed by atoms with Gasteiger partial charge in [-0.2, -0.15) is 0 Å². The van der Waals surface area contributed by atoms with Gasteiger partial charge in [0.1, 0.15) is 24.7 Å². The molecule has 2 rings (SSSR count). The summed E-state index contributed by atoms with van der Waals surface area (Å²) >= 11 is 0. The fourth-order valence-corrected chi connectivity index (χ4v) is 1.91. The molecule has 0 heterocycles. The average Bonchev–Trinajstić information content (AvgIpc) is 2.58. The molecule has 0 spiro atoms. The van der Waals surface area contributed by atoms with Crippen LogP contribution in [-0.4, -0.2) is 37.3 Å². The molecule has 0 saturated heterocycles. The molecule has 0 unspecified atom stereocenters. The van der Waals surface area contributed by atoms with Crippen molar-refractivity contribution in [1.82, 2.24) is 0 Å². The molecule has 0 radical (unpaired) electrons. The van der Waals surface area contributed by atoms with Gasteiger partial charge in [0.15, 0.2) is 5.78 Å². The largest absolute Gasteiger partial charge is 0.492 e. The predicted octanol–water partition coefficient (Wildman–Crippen LogP) is 1.63. The van der Waals surface area contributed by atoms with Gasteiger partial charge in [0.05, 0.1) is 6.61 Å². The molecule has 0 saturated carbocycles. The van der Waals surface area contributed by atoms with Crippen molar-refractivity contribution in [2.45, 2.75) is 0 Å². The van der Waals surface area contributed by atoms with Crippen LogP contribution in [0.25, 0.3) is 0 Å². The van der Waals surface area contributed by atoms with Crippen LogP contribution in [0.15, 0.2) is 48.5 Å². The lowest BCUT2D eigenvalue weighted by Gasteiger charge is -2.07. The topological polar surface area (TPSA) is 81.8 Å². The summed E-state index contributed by atoms with van der Waals surface area (Å²) in [6.07, 6.45) is 0. The minimum atomic E-state index is -0.0703. The van der Waals surface area contributed by atoms with E-state index in [4.69, 9.17) is 20.3 Å². The van der Waals surface area contributed by atoms with E-state index in [0.29, 0.717) is 35.8 Å². The van der Waals surface area contributed by atoms with Crippen molar-refractivity contribution in [3.05, 3.63) is 59.7 Å². The van der Waals surface area contributed by atoms with Gasteiger partial charge in [0, 0.05) is 17.7 Å². The number of hydrogen-bond acceptors (Lipinski definition) is 5. The standard InChI is InChI=1S/C17H19NO4/c18-9-11-21-15-5-1-13(2-6-15)17(20)14-3-7-16(8-4-14)22-12-10-19/h1-8,19H,9-12,18H2. The second-order valence-electron chi connectivity index (χ2n) is 4.59. The highest BCUT2D eigenvalue weighted by atomic mass is 16.5. The van der Waals surface area contributed by atoms with Crippen molar-refractivity contribution < 1.29 is 19.4 Å². The Kier molecular flexibility index (Phi) is 5.94. The highest BCUT2D eigenvalue weighted by Gasteiger charge is 2.09. The molecule has 0 amide bonds. The van der Waals surface area contributed by atoms with Crippen molar-refractivity contribution in [2.24, 2.45) is 5.73 Å². The Morgan fingerprint density at radius 2 is 1.32 bits per heavy atom. The third kappa shape index (κ3) is 4.31. The normalized spacial score (nSPS) is 10.3. The van der Waals surface area contributed by atoms with E-state index in [2.05, 4.69) is 0 Å². The smallest absolute Gasteiger partial charge is 0.193 e. The maximum absolute atomic E-state index is 12.4. The minimum Gasteiger partial charge on any atom is -0.492 e. The molecule has 2 aromatic rings. The van der Waals surface area contributed by atoms with Crippen LogP contribution in [0.5, 0.6) is 11.5 Å². The Bertz CT molecular complexity index is 540. The predicted molar refractivity (Wildman–Crippen MR) is 83.4 cm³/mol. The lowest BCUT2D eigenvalue weighted by Crippen LogP contribution is -2.10. The Balaban J connectivity index is 2.04. The lowest BCUT2D eigenvalue weighted by atomic mass is 10.0. The third-order valence-corrected chi connectivity index (χ3v) is 2.98. The molecule has 0 aliphatic carbocycles. The van der Waals surface area contributed by atoms with E-state index in [1.165, 1.54) is 0 Å². The molecule has 3 N–H and O–H groups in total. The molecule has 0 fully saturated rings. The number of nitrogens with two attached hydrogens (primary N) is 1. The summed E-state index contributed by atoms with van der Waals surface area (Å²) in [7, 11) is 0. The first-order chi connectivity index (χ1) is 10.7. The summed E-state index contributed by atoms with van der Waals surface area (Å²) in [5, 5.41) is 8.70. The first kappa shape index (κ1) is 16.0. The van der Waals surface area contributed by atoms with Gasteiger partial charge in [-0.1, -0.05) is 0 Å². The first-order valence-electron chi connectivity index (χ1n) is 7.06. The summed E-state index contributed by atoms with van der Waals surface area (Å²) in [5.41, 5.74) is 6.53. The monoisotopic (exact) mass is 301 g/mol. The zero-order chi connectivity index (χ0) is 15.8. The molecule has 0 aliphatic heterocycles. The fraction of sp³-hybridized carbons (Fsp3) is 0.235. The highest BCUT2D eigenvalue weighted by Crippen LogP contribution is 2.18. The van der Waals surface area contributed by atoms with Gasteiger partial charge in [-0.05, 0) is 48.5 Å².